The van der Waals surface area contributed by atoms with Crippen LogP contribution >= 0.6 is 0 Å². The predicted octanol–water partition coefficient (Wildman–Crippen LogP) is 3.70. The summed E-state index contributed by atoms with van der Waals surface area (Å²) in [5, 5.41) is 9.14. The molecule has 1 aliphatic heterocycles. The number of nitrogens with zero attached hydrogens (tertiary/aromatic N) is 3. The van der Waals surface area contributed by atoms with E-state index in [1.807, 2.05) is 24.3 Å². The van der Waals surface area contributed by atoms with Crippen LogP contribution in [-0.4, -0.2) is 44.1 Å². The molecule has 7 heteroatoms. The van der Waals surface area contributed by atoms with Gasteiger partial charge in [0.2, 0.25) is 0 Å². The van der Waals surface area contributed by atoms with Gasteiger partial charge in [0.1, 0.15) is 29.9 Å². The lowest BCUT2D eigenvalue weighted by atomic mass is 10.2. The number of carbonyl (C=O) groups is 1. The van der Waals surface area contributed by atoms with Gasteiger partial charge >= 0.3 is 0 Å². The Hall–Kier alpha value is -3.92. The first-order valence-electron chi connectivity index (χ1n) is 10.1. The molecule has 158 valence electrons. The third-order valence-electron chi connectivity index (χ3n) is 5.24. The van der Waals surface area contributed by atoms with E-state index in [1.165, 1.54) is 0 Å². The van der Waals surface area contributed by atoms with Crippen LogP contribution in [0.5, 0.6) is 11.5 Å². The Morgan fingerprint density at radius 2 is 1.71 bits per heavy atom. The summed E-state index contributed by atoms with van der Waals surface area (Å²) < 4.78 is 16.8. The van der Waals surface area contributed by atoms with Crippen LogP contribution in [0.15, 0.2) is 65.1 Å². The molecule has 0 aliphatic carbocycles. The van der Waals surface area contributed by atoms with Crippen LogP contribution in [0, 0.1) is 11.3 Å². The predicted molar refractivity (Wildman–Crippen MR) is 115 cm³/mol. The minimum atomic E-state index is -0.136. The van der Waals surface area contributed by atoms with E-state index >= 15 is 0 Å². The van der Waals surface area contributed by atoms with Crippen LogP contribution < -0.4 is 14.4 Å². The summed E-state index contributed by atoms with van der Waals surface area (Å²) in [6, 6.07) is 20.4. The highest BCUT2D eigenvalue weighted by Crippen LogP contribution is 2.28. The van der Waals surface area contributed by atoms with Crippen molar-refractivity contribution < 1.29 is 18.7 Å². The molecule has 2 heterocycles. The fraction of sp³-hybridized carbons (Fsp3) is 0.250. The number of hydrogen-bond donors (Lipinski definition) is 0. The molecule has 0 bridgehead atoms. The van der Waals surface area contributed by atoms with Crippen molar-refractivity contribution in [3.8, 4) is 17.6 Å². The first kappa shape index (κ1) is 20.4. The summed E-state index contributed by atoms with van der Waals surface area (Å²) in [5.74, 6) is 2.00. The lowest BCUT2D eigenvalue weighted by molar-refractivity contribution is 0.0710. The molecule has 0 saturated carbocycles. The molecule has 1 amide bonds. The van der Waals surface area contributed by atoms with Gasteiger partial charge in [-0.1, -0.05) is 24.3 Å². The standard InChI is InChI=1S/C24H23N3O4/c1-29-22-9-5-3-7-20(22)26-12-14-27(15-13-26)24(28)23-11-10-19(31-23)17-30-21-8-4-2-6-18(21)16-25/h2-11H,12-15,17H2,1H3. The average molecular weight is 417 g/mol. The van der Waals surface area contributed by atoms with Gasteiger partial charge in [-0.2, -0.15) is 5.26 Å². The molecule has 3 aromatic rings. The fourth-order valence-corrected chi connectivity index (χ4v) is 3.60. The quantitative estimate of drug-likeness (QED) is 0.609. The Bertz CT molecular complexity index is 1090. The molecule has 31 heavy (non-hydrogen) atoms. The van der Waals surface area contributed by atoms with Crippen molar-refractivity contribution in [1.29, 1.82) is 5.26 Å². The second kappa shape index (κ2) is 9.26. The second-order valence-corrected chi connectivity index (χ2v) is 7.11. The van der Waals surface area contributed by atoms with Gasteiger partial charge in [0.15, 0.2) is 5.76 Å². The molecule has 0 atom stereocenters. The maximum atomic E-state index is 12.9. The maximum Gasteiger partial charge on any atom is 0.289 e. The van der Waals surface area contributed by atoms with Crippen LogP contribution in [0.2, 0.25) is 0 Å². The Morgan fingerprint density at radius 3 is 2.45 bits per heavy atom. The Kier molecular flexibility index (Phi) is 6.08. The average Bonchev–Trinajstić information content (AvgIpc) is 3.31. The highest BCUT2D eigenvalue weighted by atomic mass is 16.5. The number of para-hydroxylation sites is 3. The number of methoxy groups -OCH3 is 1. The number of piperazine rings is 1. The highest BCUT2D eigenvalue weighted by molar-refractivity contribution is 5.91. The first-order chi connectivity index (χ1) is 15.2. The van der Waals surface area contributed by atoms with Gasteiger partial charge in [-0.3, -0.25) is 4.79 Å². The van der Waals surface area contributed by atoms with E-state index in [2.05, 4.69) is 11.0 Å². The molecule has 0 radical (unpaired) electrons. The summed E-state index contributed by atoms with van der Waals surface area (Å²) in [4.78, 5) is 16.9. The molecule has 0 unspecified atom stereocenters. The van der Waals surface area contributed by atoms with Gasteiger partial charge in [0, 0.05) is 26.2 Å². The van der Waals surface area contributed by atoms with Gasteiger partial charge in [-0.05, 0) is 36.4 Å². The SMILES string of the molecule is COc1ccccc1N1CCN(C(=O)c2ccc(COc3ccccc3C#N)o2)CC1. The van der Waals surface area contributed by atoms with Gasteiger partial charge < -0.3 is 23.7 Å². The lowest BCUT2D eigenvalue weighted by Crippen LogP contribution is -2.48. The van der Waals surface area contributed by atoms with E-state index in [9.17, 15) is 4.79 Å². The zero-order valence-electron chi connectivity index (χ0n) is 17.3. The van der Waals surface area contributed by atoms with Gasteiger partial charge in [0.05, 0.1) is 18.4 Å². The molecular weight excluding hydrogens is 394 g/mol. The van der Waals surface area contributed by atoms with Crippen LogP contribution in [-0.2, 0) is 6.61 Å². The summed E-state index contributed by atoms with van der Waals surface area (Å²) in [6.45, 7) is 2.77. The minimum absolute atomic E-state index is 0.136. The van der Waals surface area contributed by atoms with Crippen molar-refractivity contribution in [2.24, 2.45) is 0 Å². The van der Waals surface area contributed by atoms with Crippen LogP contribution in [0.3, 0.4) is 0 Å². The molecular formula is C24H23N3O4. The normalized spacial score (nSPS) is 13.5. The van der Waals surface area contributed by atoms with Gasteiger partial charge in [-0.15, -0.1) is 0 Å². The highest BCUT2D eigenvalue weighted by Gasteiger charge is 2.25. The monoisotopic (exact) mass is 417 g/mol. The number of carbonyl (C=O) groups excluding carboxylic acids is 1. The molecule has 1 saturated heterocycles. The molecule has 1 fully saturated rings. The fourth-order valence-electron chi connectivity index (χ4n) is 3.60. The van der Waals surface area contributed by atoms with Crippen LogP contribution in [0.1, 0.15) is 21.9 Å². The van der Waals surface area contributed by atoms with Crippen molar-refractivity contribution in [1.82, 2.24) is 4.90 Å². The molecule has 1 aromatic heterocycles. The number of hydrogen-bond acceptors (Lipinski definition) is 6. The van der Waals surface area contributed by atoms with Crippen molar-refractivity contribution in [2.45, 2.75) is 6.61 Å². The molecule has 7 nitrogen and oxygen atoms in total. The summed E-state index contributed by atoms with van der Waals surface area (Å²) in [7, 11) is 1.66. The van der Waals surface area contributed by atoms with E-state index in [1.54, 1.807) is 48.4 Å². The summed E-state index contributed by atoms with van der Waals surface area (Å²) >= 11 is 0. The number of amides is 1. The third-order valence-corrected chi connectivity index (χ3v) is 5.24. The molecule has 2 aromatic carbocycles. The topological polar surface area (TPSA) is 78.9 Å². The largest absolute Gasteiger partial charge is 0.495 e. The zero-order valence-corrected chi connectivity index (χ0v) is 17.3. The molecule has 0 spiro atoms. The van der Waals surface area contributed by atoms with Crippen molar-refractivity contribution >= 4 is 11.6 Å². The number of rotatable bonds is 6. The Morgan fingerprint density at radius 1 is 1.00 bits per heavy atom. The van der Waals surface area contributed by atoms with E-state index in [0.717, 1.165) is 11.4 Å². The van der Waals surface area contributed by atoms with E-state index in [4.69, 9.17) is 19.2 Å². The number of furan rings is 1. The molecule has 4 rings (SSSR count). The zero-order chi connectivity index (χ0) is 21.6. The van der Waals surface area contributed by atoms with Crippen molar-refractivity contribution in [3.63, 3.8) is 0 Å². The van der Waals surface area contributed by atoms with Crippen molar-refractivity contribution in [2.75, 3.05) is 38.2 Å². The van der Waals surface area contributed by atoms with E-state index < -0.39 is 0 Å². The lowest BCUT2D eigenvalue weighted by Gasteiger charge is -2.36. The number of ether oxygens (including phenoxy) is 2. The number of benzene rings is 2. The van der Waals surface area contributed by atoms with E-state index in [0.29, 0.717) is 43.3 Å². The summed E-state index contributed by atoms with van der Waals surface area (Å²) in [5.41, 5.74) is 1.49. The Balaban J connectivity index is 1.35. The van der Waals surface area contributed by atoms with Crippen LogP contribution in [0.25, 0.3) is 0 Å². The maximum absolute atomic E-state index is 12.9. The third kappa shape index (κ3) is 4.48. The van der Waals surface area contributed by atoms with E-state index in [-0.39, 0.29) is 18.3 Å². The van der Waals surface area contributed by atoms with Crippen molar-refractivity contribution in [3.05, 3.63) is 77.7 Å². The smallest absolute Gasteiger partial charge is 0.289 e. The minimum Gasteiger partial charge on any atom is -0.495 e. The van der Waals surface area contributed by atoms with Crippen LogP contribution in [0.4, 0.5) is 5.69 Å². The second-order valence-electron chi connectivity index (χ2n) is 7.11. The summed E-state index contributed by atoms with van der Waals surface area (Å²) in [6.07, 6.45) is 0. The number of anilines is 1. The molecule has 1 aliphatic rings. The Labute approximate surface area is 181 Å². The van der Waals surface area contributed by atoms with Gasteiger partial charge in [-0.25, -0.2) is 0 Å². The molecule has 0 N–H and O–H groups in total. The first-order valence-corrected chi connectivity index (χ1v) is 10.1. The van der Waals surface area contributed by atoms with Gasteiger partial charge in [0.25, 0.3) is 5.91 Å². The number of nitriles is 1.